The predicted molar refractivity (Wildman–Crippen MR) is 113 cm³/mol. The molecule has 0 radical (unpaired) electrons. The number of carbonyl (C=O) groups is 1. The molecule has 0 saturated heterocycles. The Labute approximate surface area is 170 Å². The van der Waals surface area contributed by atoms with Crippen molar-refractivity contribution in [2.75, 3.05) is 22.9 Å². The van der Waals surface area contributed by atoms with Gasteiger partial charge in [0.2, 0.25) is 15.9 Å². The molecule has 1 atom stereocenters. The molecule has 152 valence electrons. The summed E-state index contributed by atoms with van der Waals surface area (Å²) in [5.74, 6) is -0.176. The predicted octanol–water partition coefficient (Wildman–Crippen LogP) is 3.59. The van der Waals surface area contributed by atoms with E-state index in [-0.39, 0.29) is 11.6 Å². The summed E-state index contributed by atoms with van der Waals surface area (Å²) in [6.07, 6.45) is 1.33. The van der Waals surface area contributed by atoms with Crippen molar-refractivity contribution < 1.29 is 17.6 Å². The van der Waals surface area contributed by atoms with Crippen LogP contribution >= 0.6 is 11.8 Å². The molecule has 0 bridgehead atoms. The van der Waals surface area contributed by atoms with Gasteiger partial charge < -0.3 is 5.32 Å². The minimum absolute atomic E-state index is 0.264. The van der Waals surface area contributed by atoms with Gasteiger partial charge in [0.15, 0.2) is 0 Å². The lowest BCUT2D eigenvalue weighted by atomic mass is 10.2. The molecule has 1 unspecified atom stereocenters. The number of thioether (sulfide) groups is 1. The molecular formula is C20H25FN2O3S2. The summed E-state index contributed by atoms with van der Waals surface area (Å²) in [5.41, 5.74) is 1.45. The normalized spacial score (nSPS) is 12.4. The molecule has 0 aromatic heterocycles. The lowest BCUT2D eigenvalue weighted by Gasteiger charge is -2.30. The maximum Gasteiger partial charge on any atom is 0.243 e. The minimum atomic E-state index is -3.72. The molecule has 0 aliphatic rings. The van der Waals surface area contributed by atoms with E-state index in [1.807, 2.05) is 31.2 Å². The van der Waals surface area contributed by atoms with Crippen LogP contribution in [0.4, 0.5) is 10.1 Å². The zero-order valence-electron chi connectivity index (χ0n) is 16.2. The zero-order chi connectivity index (χ0) is 20.7. The Morgan fingerprint density at radius 1 is 1.14 bits per heavy atom. The van der Waals surface area contributed by atoms with Gasteiger partial charge in [0.1, 0.15) is 11.9 Å². The summed E-state index contributed by atoms with van der Waals surface area (Å²) in [4.78, 5) is 13.8. The average Bonchev–Trinajstić information content (AvgIpc) is 2.64. The number of halogens is 1. The van der Waals surface area contributed by atoms with Gasteiger partial charge in [0.05, 0.1) is 11.9 Å². The van der Waals surface area contributed by atoms with Gasteiger partial charge in [0.25, 0.3) is 0 Å². The number of nitrogens with zero attached hydrogens (tertiary/aromatic N) is 1. The molecule has 1 N–H and O–H groups in total. The third-order valence-corrected chi connectivity index (χ3v) is 6.30. The quantitative estimate of drug-likeness (QED) is 0.494. The average molecular weight is 425 g/mol. The van der Waals surface area contributed by atoms with E-state index in [0.717, 1.165) is 15.5 Å². The van der Waals surface area contributed by atoms with Crippen molar-refractivity contribution in [1.82, 2.24) is 5.32 Å². The number of nitrogens with one attached hydrogen (secondary N) is 1. The summed E-state index contributed by atoms with van der Waals surface area (Å²) in [7, 11) is -3.72. The number of hydrogen-bond donors (Lipinski definition) is 1. The van der Waals surface area contributed by atoms with Crippen molar-refractivity contribution in [3.63, 3.8) is 0 Å². The highest BCUT2D eigenvalue weighted by Crippen LogP contribution is 2.23. The fraction of sp³-hybridized carbons (Fsp3) is 0.350. The first-order valence-corrected chi connectivity index (χ1v) is 11.8. The Kier molecular flexibility index (Phi) is 7.88. The van der Waals surface area contributed by atoms with E-state index in [9.17, 15) is 17.6 Å². The van der Waals surface area contributed by atoms with Gasteiger partial charge in [-0.3, -0.25) is 9.10 Å². The second kappa shape index (κ2) is 9.93. The standard InChI is InChI=1S/C20H25FN2O3S2/c1-4-19(23(28(3,25)26)17-9-7-16(21)8-10-17)20(24)22-13-14-27-18-11-5-15(2)6-12-18/h5-12,19H,4,13-14H2,1-3H3,(H,22,24). The van der Waals surface area contributed by atoms with Crippen LogP contribution in [0, 0.1) is 12.7 Å². The summed E-state index contributed by atoms with van der Waals surface area (Å²) < 4.78 is 38.9. The van der Waals surface area contributed by atoms with E-state index >= 15 is 0 Å². The minimum Gasteiger partial charge on any atom is -0.353 e. The number of carbonyl (C=O) groups excluding carboxylic acids is 1. The molecule has 1 amide bonds. The molecule has 2 aromatic rings. The van der Waals surface area contributed by atoms with Crippen LogP contribution in [0.1, 0.15) is 18.9 Å². The molecule has 8 heteroatoms. The van der Waals surface area contributed by atoms with Gasteiger partial charge in [-0.25, -0.2) is 12.8 Å². The molecule has 0 aliphatic carbocycles. The van der Waals surface area contributed by atoms with E-state index < -0.39 is 21.9 Å². The van der Waals surface area contributed by atoms with Crippen molar-refractivity contribution in [2.24, 2.45) is 0 Å². The van der Waals surface area contributed by atoms with Gasteiger partial charge in [-0.1, -0.05) is 24.6 Å². The number of hydrogen-bond acceptors (Lipinski definition) is 4. The second-order valence-electron chi connectivity index (χ2n) is 6.41. The Hall–Kier alpha value is -2.06. The van der Waals surface area contributed by atoms with E-state index in [1.54, 1.807) is 18.7 Å². The van der Waals surface area contributed by atoms with Crippen molar-refractivity contribution in [3.8, 4) is 0 Å². The SMILES string of the molecule is CCC(C(=O)NCCSc1ccc(C)cc1)N(c1ccc(F)cc1)S(C)(=O)=O. The fourth-order valence-corrected chi connectivity index (χ4v) is 4.72. The largest absolute Gasteiger partial charge is 0.353 e. The van der Waals surface area contributed by atoms with Crippen LogP contribution in [0.25, 0.3) is 0 Å². The number of rotatable bonds is 9. The summed E-state index contributed by atoms with van der Waals surface area (Å²) in [6, 6.07) is 12.3. The topological polar surface area (TPSA) is 66.5 Å². The highest BCUT2D eigenvalue weighted by atomic mass is 32.2. The van der Waals surface area contributed by atoms with E-state index in [1.165, 1.54) is 29.8 Å². The molecule has 2 rings (SSSR count). The first-order valence-electron chi connectivity index (χ1n) is 8.94. The molecule has 5 nitrogen and oxygen atoms in total. The maximum atomic E-state index is 13.2. The maximum absolute atomic E-state index is 13.2. The molecule has 0 spiro atoms. The zero-order valence-corrected chi connectivity index (χ0v) is 17.8. The van der Waals surface area contributed by atoms with Crippen LogP contribution in [0.2, 0.25) is 0 Å². The summed E-state index contributed by atoms with van der Waals surface area (Å²) in [5, 5.41) is 2.81. The molecule has 0 aliphatic heterocycles. The Morgan fingerprint density at radius 2 is 1.75 bits per heavy atom. The summed E-state index contributed by atoms with van der Waals surface area (Å²) in [6.45, 7) is 4.18. The number of anilines is 1. The molecular weight excluding hydrogens is 399 g/mol. The Bertz CT molecular complexity index is 885. The first kappa shape index (κ1) is 22.2. The van der Waals surface area contributed by atoms with Crippen LogP contribution in [-0.2, 0) is 14.8 Å². The number of amides is 1. The molecule has 28 heavy (non-hydrogen) atoms. The van der Waals surface area contributed by atoms with Gasteiger partial charge in [0, 0.05) is 17.2 Å². The van der Waals surface area contributed by atoms with Crippen molar-refractivity contribution in [2.45, 2.75) is 31.2 Å². The fourth-order valence-electron chi connectivity index (χ4n) is 2.74. The Morgan fingerprint density at radius 3 is 2.29 bits per heavy atom. The lowest BCUT2D eigenvalue weighted by Crippen LogP contribution is -2.49. The van der Waals surface area contributed by atoms with E-state index in [4.69, 9.17) is 0 Å². The van der Waals surface area contributed by atoms with E-state index in [2.05, 4.69) is 5.32 Å². The van der Waals surface area contributed by atoms with Gasteiger partial charge in [-0.15, -0.1) is 11.8 Å². The number of sulfonamides is 1. The monoisotopic (exact) mass is 424 g/mol. The molecule has 0 heterocycles. The molecule has 0 saturated carbocycles. The highest BCUT2D eigenvalue weighted by molar-refractivity contribution is 7.99. The van der Waals surface area contributed by atoms with Gasteiger partial charge >= 0.3 is 0 Å². The highest BCUT2D eigenvalue weighted by Gasteiger charge is 2.31. The van der Waals surface area contributed by atoms with Crippen LogP contribution in [0.3, 0.4) is 0 Å². The molecule has 0 fully saturated rings. The number of aryl methyl sites for hydroxylation is 1. The van der Waals surface area contributed by atoms with Gasteiger partial charge in [-0.05, 0) is 49.7 Å². The lowest BCUT2D eigenvalue weighted by molar-refractivity contribution is -0.122. The van der Waals surface area contributed by atoms with Crippen LogP contribution in [0.15, 0.2) is 53.4 Å². The third-order valence-electron chi connectivity index (χ3n) is 4.10. The summed E-state index contributed by atoms with van der Waals surface area (Å²) >= 11 is 1.61. The van der Waals surface area contributed by atoms with Crippen molar-refractivity contribution in [1.29, 1.82) is 0 Å². The van der Waals surface area contributed by atoms with Gasteiger partial charge in [-0.2, -0.15) is 0 Å². The van der Waals surface area contributed by atoms with Crippen LogP contribution in [-0.4, -0.2) is 38.9 Å². The third kappa shape index (κ3) is 6.24. The Balaban J connectivity index is 2.02. The first-order chi connectivity index (χ1) is 13.2. The van der Waals surface area contributed by atoms with Crippen LogP contribution < -0.4 is 9.62 Å². The van der Waals surface area contributed by atoms with Crippen LogP contribution in [0.5, 0.6) is 0 Å². The smallest absolute Gasteiger partial charge is 0.243 e. The number of benzene rings is 2. The second-order valence-corrected chi connectivity index (χ2v) is 9.44. The van der Waals surface area contributed by atoms with E-state index in [0.29, 0.717) is 18.7 Å². The van der Waals surface area contributed by atoms with Crippen molar-refractivity contribution >= 4 is 33.4 Å². The van der Waals surface area contributed by atoms with Crippen molar-refractivity contribution in [3.05, 3.63) is 59.9 Å². The molecule has 2 aromatic carbocycles.